The number of hydrogen-bond acceptors (Lipinski definition) is 4. The van der Waals surface area contributed by atoms with Crippen molar-refractivity contribution >= 4 is 28.5 Å². The largest absolute Gasteiger partial charge is 0.478 e. The maximum atomic E-state index is 11.4. The number of carbonyl (C=O) groups is 1. The first-order valence-corrected chi connectivity index (χ1v) is 6.13. The fraction of sp³-hybridized carbons (Fsp3) is 0. The van der Waals surface area contributed by atoms with Crippen molar-refractivity contribution in [2.75, 3.05) is 0 Å². The molecule has 5 nitrogen and oxygen atoms in total. The highest BCUT2D eigenvalue weighted by atomic mass is 35.5. The minimum atomic E-state index is -1.04. The molecule has 0 spiro atoms. The second-order valence-corrected chi connectivity index (χ2v) is 4.49. The Kier molecular flexibility index (Phi) is 3.04. The second-order valence-electron chi connectivity index (χ2n) is 4.09. The molecule has 0 bridgehead atoms. The molecule has 0 saturated carbocycles. The predicted octanol–water partition coefficient (Wildman–Crippen LogP) is 3.04. The molecule has 6 heteroatoms. The second kappa shape index (κ2) is 4.86. The number of rotatable bonds is 2. The van der Waals surface area contributed by atoms with Crippen LogP contribution in [0.2, 0.25) is 5.02 Å². The van der Waals surface area contributed by atoms with E-state index in [4.69, 9.17) is 11.6 Å². The van der Waals surface area contributed by atoms with E-state index in [1.54, 1.807) is 18.2 Å². The Hall–Kier alpha value is -2.53. The van der Waals surface area contributed by atoms with Gasteiger partial charge in [0.25, 0.3) is 0 Å². The Morgan fingerprint density at radius 1 is 1.20 bits per heavy atom. The van der Waals surface area contributed by atoms with E-state index in [2.05, 4.69) is 15.0 Å². The average Bonchev–Trinajstić information content (AvgIpc) is 2.47. The van der Waals surface area contributed by atoms with Crippen LogP contribution in [0.1, 0.15) is 10.4 Å². The SMILES string of the molecule is O=C(O)c1cc(-c2cnccn2)nc2c(Cl)cccc12. The van der Waals surface area contributed by atoms with Crippen LogP contribution in [-0.2, 0) is 0 Å². The highest BCUT2D eigenvalue weighted by Gasteiger charge is 2.15. The number of halogens is 1. The van der Waals surface area contributed by atoms with Crippen molar-refractivity contribution in [3.8, 4) is 11.4 Å². The molecule has 20 heavy (non-hydrogen) atoms. The summed E-state index contributed by atoms with van der Waals surface area (Å²) < 4.78 is 0. The quantitative estimate of drug-likeness (QED) is 0.783. The lowest BCUT2D eigenvalue weighted by molar-refractivity contribution is 0.0699. The summed E-state index contributed by atoms with van der Waals surface area (Å²) in [6.45, 7) is 0. The lowest BCUT2D eigenvalue weighted by Gasteiger charge is -2.07. The summed E-state index contributed by atoms with van der Waals surface area (Å²) in [5.74, 6) is -1.04. The Morgan fingerprint density at radius 2 is 2.05 bits per heavy atom. The highest BCUT2D eigenvalue weighted by molar-refractivity contribution is 6.35. The number of para-hydroxylation sites is 1. The van der Waals surface area contributed by atoms with E-state index in [0.717, 1.165) is 0 Å². The van der Waals surface area contributed by atoms with Gasteiger partial charge in [-0.05, 0) is 12.1 Å². The van der Waals surface area contributed by atoms with Crippen molar-refractivity contribution in [1.82, 2.24) is 15.0 Å². The first-order valence-electron chi connectivity index (χ1n) is 5.76. The molecule has 0 saturated heterocycles. The molecule has 0 aliphatic carbocycles. The van der Waals surface area contributed by atoms with Gasteiger partial charge in [0.05, 0.1) is 28.0 Å². The van der Waals surface area contributed by atoms with Crippen molar-refractivity contribution in [3.05, 3.63) is 53.4 Å². The molecule has 2 heterocycles. The summed E-state index contributed by atoms with van der Waals surface area (Å²) in [7, 11) is 0. The number of aromatic nitrogens is 3. The van der Waals surface area contributed by atoms with Gasteiger partial charge >= 0.3 is 5.97 Å². The average molecular weight is 286 g/mol. The fourth-order valence-electron chi connectivity index (χ4n) is 1.95. The molecule has 3 aromatic rings. The summed E-state index contributed by atoms with van der Waals surface area (Å²) >= 11 is 6.10. The van der Waals surface area contributed by atoms with Gasteiger partial charge in [-0.3, -0.25) is 9.97 Å². The van der Waals surface area contributed by atoms with Gasteiger partial charge in [0.1, 0.15) is 5.69 Å². The summed E-state index contributed by atoms with van der Waals surface area (Å²) in [4.78, 5) is 23.9. The number of fused-ring (bicyclic) bond motifs is 1. The van der Waals surface area contributed by atoms with E-state index in [1.807, 2.05) is 0 Å². The Balaban J connectivity index is 2.36. The minimum absolute atomic E-state index is 0.137. The molecule has 98 valence electrons. The normalized spacial score (nSPS) is 10.7. The van der Waals surface area contributed by atoms with Crippen LogP contribution in [0.15, 0.2) is 42.9 Å². The van der Waals surface area contributed by atoms with Crippen molar-refractivity contribution in [1.29, 1.82) is 0 Å². The fourth-order valence-corrected chi connectivity index (χ4v) is 2.17. The molecule has 1 N–H and O–H groups in total. The summed E-state index contributed by atoms with van der Waals surface area (Å²) in [6, 6.07) is 6.52. The van der Waals surface area contributed by atoms with Crippen LogP contribution < -0.4 is 0 Å². The van der Waals surface area contributed by atoms with Gasteiger partial charge in [-0.1, -0.05) is 23.7 Å². The molecule has 0 aliphatic rings. The van der Waals surface area contributed by atoms with E-state index in [9.17, 15) is 9.90 Å². The number of nitrogens with zero attached hydrogens (tertiary/aromatic N) is 3. The molecule has 3 rings (SSSR count). The van der Waals surface area contributed by atoms with Gasteiger partial charge in [0.15, 0.2) is 0 Å². The van der Waals surface area contributed by atoms with Crippen LogP contribution in [0.4, 0.5) is 0 Å². The monoisotopic (exact) mass is 285 g/mol. The van der Waals surface area contributed by atoms with Crippen LogP contribution in [0.5, 0.6) is 0 Å². The summed E-state index contributed by atoms with van der Waals surface area (Å²) in [5.41, 5.74) is 1.50. The third-order valence-corrected chi connectivity index (χ3v) is 3.15. The third kappa shape index (κ3) is 2.08. The Morgan fingerprint density at radius 3 is 2.75 bits per heavy atom. The van der Waals surface area contributed by atoms with Crippen molar-refractivity contribution in [2.45, 2.75) is 0 Å². The summed E-state index contributed by atoms with van der Waals surface area (Å²) in [6.07, 6.45) is 4.58. The van der Waals surface area contributed by atoms with Gasteiger partial charge in [-0.15, -0.1) is 0 Å². The van der Waals surface area contributed by atoms with Gasteiger partial charge in [0.2, 0.25) is 0 Å². The van der Waals surface area contributed by atoms with Crippen LogP contribution in [0.3, 0.4) is 0 Å². The lowest BCUT2D eigenvalue weighted by Crippen LogP contribution is -2.01. The van der Waals surface area contributed by atoms with Crippen LogP contribution in [-0.4, -0.2) is 26.0 Å². The lowest BCUT2D eigenvalue weighted by atomic mass is 10.1. The number of benzene rings is 1. The Bertz CT molecular complexity index is 806. The Labute approximate surface area is 118 Å². The maximum absolute atomic E-state index is 11.4. The smallest absolute Gasteiger partial charge is 0.336 e. The van der Waals surface area contributed by atoms with Gasteiger partial charge in [-0.2, -0.15) is 0 Å². The molecular weight excluding hydrogens is 278 g/mol. The van der Waals surface area contributed by atoms with Gasteiger partial charge in [0, 0.05) is 17.8 Å². The minimum Gasteiger partial charge on any atom is -0.478 e. The van der Waals surface area contributed by atoms with Crippen LogP contribution in [0, 0.1) is 0 Å². The van der Waals surface area contributed by atoms with E-state index in [1.165, 1.54) is 24.7 Å². The van der Waals surface area contributed by atoms with E-state index >= 15 is 0 Å². The van der Waals surface area contributed by atoms with Crippen molar-refractivity contribution in [2.24, 2.45) is 0 Å². The van der Waals surface area contributed by atoms with Gasteiger partial charge in [-0.25, -0.2) is 9.78 Å². The zero-order valence-corrected chi connectivity index (χ0v) is 10.9. The molecule has 2 aromatic heterocycles. The molecule has 0 radical (unpaired) electrons. The molecule has 0 fully saturated rings. The van der Waals surface area contributed by atoms with E-state index < -0.39 is 5.97 Å². The van der Waals surface area contributed by atoms with E-state index in [-0.39, 0.29) is 5.56 Å². The number of hydrogen-bond donors (Lipinski definition) is 1. The third-order valence-electron chi connectivity index (χ3n) is 2.85. The van der Waals surface area contributed by atoms with Crippen molar-refractivity contribution in [3.63, 3.8) is 0 Å². The predicted molar refractivity (Wildman–Crippen MR) is 74.7 cm³/mol. The number of carboxylic acid groups (broad SMARTS) is 1. The summed E-state index contributed by atoms with van der Waals surface area (Å²) in [5, 5.41) is 10.2. The maximum Gasteiger partial charge on any atom is 0.336 e. The first kappa shape index (κ1) is 12.5. The molecule has 1 aromatic carbocycles. The van der Waals surface area contributed by atoms with Gasteiger partial charge < -0.3 is 5.11 Å². The number of pyridine rings is 1. The zero-order chi connectivity index (χ0) is 14.1. The van der Waals surface area contributed by atoms with Crippen molar-refractivity contribution < 1.29 is 9.90 Å². The topological polar surface area (TPSA) is 76.0 Å². The molecule has 0 aliphatic heterocycles. The molecule has 0 unspecified atom stereocenters. The molecule has 0 amide bonds. The molecular formula is C14H8ClN3O2. The first-order chi connectivity index (χ1) is 9.66. The molecule has 0 atom stereocenters. The van der Waals surface area contributed by atoms with Crippen LogP contribution in [0.25, 0.3) is 22.3 Å². The standard InChI is InChI=1S/C14H8ClN3O2/c15-10-3-1-2-8-9(14(19)20)6-11(18-13(8)10)12-7-16-4-5-17-12/h1-7H,(H,19,20). The number of carboxylic acids is 1. The highest BCUT2D eigenvalue weighted by Crippen LogP contribution is 2.28. The number of aromatic carboxylic acids is 1. The van der Waals surface area contributed by atoms with Crippen LogP contribution >= 0.6 is 11.6 Å². The van der Waals surface area contributed by atoms with E-state index in [0.29, 0.717) is 27.3 Å². The zero-order valence-electron chi connectivity index (χ0n) is 10.1.